The number of ether oxygens (including phenoxy) is 1. The Morgan fingerprint density at radius 1 is 1.07 bits per heavy atom. The first kappa shape index (κ1) is 18.6. The van der Waals surface area contributed by atoms with Crippen LogP contribution in [0.2, 0.25) is 0 Å². The van der Waals surface area contributed by atoms with Crippen LogP contribution in [-0.4, -0.2) is 18.0 Å². The van der Waals surface area contributed by atoms with Crippen molar-refractivity contribution in [2.75, 3.05) is 5.32 Å². The highest BCUT2D eigenvalue weighted by Crippen LogP contribution is 2.28. The number of hydrogen-bond donors (Lipinski definition) is 1. The van der Waals surface area contributed by atoms with Crippen LogP contribution in [0, 0.1) is 26.6 Å². The van der Waals surface area contributed by atoms with E-state index in [0.29, 0.717) is 16.6 Å². The summed E-state index contributed by atoms with van der Waals surface area (Å²) in [6, 6.07) is 10.1. The van der Waals surface area contributed by atoms with E-state index in [0.717, 1.165) is 11.1 Å². The highest BCUT2D eigenvalue weighted by atomic mass is 19.1. The van der Waals surface area contributed by atoms with E-state index >= 15 is 0 Å². The summed E-state index contributed by atoms with van der Waals surface area (Å²) < 4.78 is 24.4. The van der Waals surface area contributed by atoms with Crippen molar-refractivity contribution in [1.82, 2.24) is 0 Å². The minimum Gasteiger partial charge on any atom is -0.447 e. The van der Waals surface area contributed by atoms with Gasteiger partial charge in [-0.2, -0.15) is 0 Å². The molecule has 0 saturated heterocycles. The van der Waals surface area contributed by atoms with Gasteiger partial charge in [-0.3, -0.25) is 4.79 Å². The van der Waals surface area contributed by atoms with Crippen LogP contribution < -0.4 is 5.32 Å². The molecule has 0 spiro atoms. The zero-order valence-corrected chi connectivity index (χ0v) is 15.6. The van der Waals surface area contributed by atoms with Crippen LogP contribution >= 0.6 is 0 Å². The lowest BCUT2D eigenvalue weighted by Gasteiger charge is -2.15. The predicted molar refractivity (Wildman–Crippen MR) is 100 cm³/mol. The molecule has 1 aromatic heterocycles. The molecule has 0 bridgehead atoms. The molecule has 1 heterocycles. The van der Waals surface area contributed by atoms with Gasteiger partial charge in [-0.15, -0.1) is 0 Å². The van der Waals surface area contributed by atoms with Gasteiger partial charge >= 0.3 is 5.97 Å². The van der Waals surface area contributed by atoms with Crippen molar-refractivity contribution >= 4 is 28.5 Å². The van der Waals surface area contributed by atoms with Gasteiger partial charge in [0.2, 0.25) is 5.76 Å². The summed E-state index contributed by atoms with van der Waals surface area (Å²) in [6.45, 7) is 6.87. The van der Waals surface area contributed by atoms with Gasteiger partial charge < -0.3 is 14.5 Å². The summed E-state index contributed by atoms with van der Waals surface area (Å²) in [7, 11) is 0. The van der Waals surface area contributed by atoms with Crippen molar-refractivity contribution in [3.63, 3.8) is 0 Å². The van der Waals surface area contributed by atoms with Gasteiger partial charge in [0, 0.05) is 16.6 Å². The molecule has 3 rings (SSSR count). The summed E-state index contributed by atoms with van der Waals surface area (Å²) in [5.41, 5.74) is 2.97. The van der Waals surface area contributed by atoms with Crippen LogP contribution in [0.4, 0.5) is 10.1 Å². The van der Waals surface area contributed by atoms with E-state index in [1.807, 2.05) is 32.0 Å². The maximum atomic E-state index is 13.8. The zero-order valence-electron chi connectivity index (χ0n) is 15.6. The zero-order chi connectivity index (χ0) is 19.7. The van der Waals surface area contributed by atoms with Gasteiger partial charge in [0.1, 0.15) is 0 Å². The van der Waals surface area contributed by atoms with Crippen molar-refractivity contribution in [2.24, 2.45) is 0 Å². The molecule has 0 radical (unpaired) electrons. The maximum absolute atomic E-state index is 13.8. The Labute approximate surface area is 156 Å². The average molecular weight is 369 g/mol. The Bertz CT molecular complexity index is 1020. The Kier molecular flexibility index (Phi) is 4.99. The van der Waals surface area contributed by atoms with Crippen molar-refractivity contribution in [1.29, 1.82) is 0 Å². The number of fused-ring (bicyclic) bond motifs is 1. The number of aryl methyl sites for hydroxylation is 3. The second-order valence-electron chi connectivity index (χ2n) is 6.48. The molecule has 1 atom stereocenters. The van der Waals surface area contributed by atoms with E-state index in [1.54, 1.807) is 13.0 Å². The normalized spacial score (nSPS) is 12.0. The Hall–Kier alpha value is -3.15. The molecule has 0 aliphatic carbocycles. The fraction of sp³-hybridized carbons (Fsp3) is 0.238. The van der Waals surface area contributed by atoms with E-state index in [-0.39, 0.29) is 11.3 Å². The third-order valence-electron chi connectivity index (χ3n) is 4.48. The lowest BCUT2D eigenvalue weighted by Crippen LogP contribution is -2.30. The molecule has 0 unspecified atom stereocenters. The topological polar surface area (TPSA) is 68.5 Å². The van der Waals surface area contributed by atoms with Gasteiger partial charge in [0.15, 0.2) is 17.5 Å². The maximum Gasteiger partial charge on any atom is 0.375 e. The number of rotatable bonds is 4. The van der Waals surface area contributed by atoms with Gasteiger partial charge in [-0.1, -0.05) is 30.3 Å². The lowest BCUT2D eigenvalue weighted by atomic mass is 10.1. The molecular formula is C21H20FNO4. The molecule has 3 aromatic rings. The number of nitrogens with one attached hydrogen (secondary N) is 1. The molecule has 1 N–H and O–H groups in total. The van der Waals surface area contributed by atoms with Crippen LogP contribution in [0.15, 0.2) is 40.8 Å². The average Bonchev–Trinajstić information content (AvgIpc) is 2.96. The monoisotopic (exact) mass is 369 g/mol. The van der Waals surface area contributed by atoms with E-state index in [1.165, 1.54) is 19.1 Å². The lowest BCUT2D eigenvalue weighted by molar-refractivity contribution is -0.123. The molecule has 2 aromatic carbocycles. The van der Waals surface area contributed by atoms with E-state index in [9.17, 15) is 14.0 Å². The second kappa shape index (κ2) is 7.23. The number of anilines is 1. The summed E-state index contributed by atoms with van der Waals surface area (Å²) in [6.07, 6.45) is -1.05. The summed E-state index contributed by atoms with van der Waals surface area (Å²) in [4.78, 5) is 24.8. The SMILES string of the molecule is Cc1cccc(C)c1NC(=O)[C@H](C)OC(=O)c1oc2c(F)cccc2c1C. The first-order valence-corrected chi connectivity index (χ1v) is 8.55. The van der Waals surface area contributed by atoms with Crippen molar-refractivity contribution in [3.8, 4) is 0 Å². The smallest absolute Gasteiger partial charge is 0.375 e. The Morgan fingerprint density at radius 2 is 1.70 bits per heavy atom. The Morgan fingerprint density at radius 3 is 2.33 bits per heavy atom. The number of benzene rings is 2. The molecule has 27 heavy (non-hydrogen) atoms. The van der Waals surface area contributed by atoms with Crippen LogP contribution in [0.5, 0.6) is 0 Å². The fourth-order valence-corrected chi connectivity index (χ4v) is 2.91. The number of halogens is 1. The number of furan rings is 1. The minimum absolute atomic E-state index is 0.00501. The molecule has 0 fully saturated rings. The molecule has 6 heteroatoms. The largest absolute Gasteiger partial charge is 0.447 e. The van der Waals surface area contributed by atoms with Gasteiger partial charge in [0.05, 0.1) is 0 Å². The molecule has 140 valence electrons. The van der Waals surface area contributed by atoms with Crippen molar-refractivity contribution in [3.05, 3.63) is 64.7 Å². The molecule has 5 nitrogen and oxygen atoms in total. The number of carbonyl (C=O) groups is 2. The quantitative estimate of drug-likeness (QED) is 0.678. The molecule has 1 amide bonds. The number of amides is 1. The van der Waals surface area contributed by atoms with Crippen LogP contribution in [0.3, 0.4) is 0 Å². The number of carbonyl (C=O) groups excluding carboxylic acids is 2. The highest BCUT2D eigenvalue weighted by Gasteiger charge is 2.25. The second-order valence-corrected chi connectivity index (χ2v) is 6.48. The van der Waals surface area contributed by atoms with E-state index in [2.05, 4.69) is 5.32 Å². The minimum atomic E-state index is -1.05. The van der Waals surface area contributed by atoms with Crippen molar-refractivity contribution in [2.45, 2.75) is 33.8 Å². The first-order valence-electron chi connectivity index (χ1n) is 8.55. The highest BCUT2D eigenvalue weighted by molar-refractivity contribution is 6.00. The van der Waals surface area contributed by atoms with E-state index in [4.69, 9.17) is 9.15 Å². The van der Waals surface area contributed by atoms with Crippen LogP contribution in [-0.2, 0) is 9.53 Å². The van der Waals surface area contributed by atoms with Gasteiger partial charge in [0.25, 0.3) is 5.91 Å². The fourth-order valence-electron chi connectivity index (χ4n) is 2.91. The number of hydrogen-bond acceptors (Lipinski definition) is 4. The number of para-hydroxylation sites is 2. The first-order chi connectivity index (χ1) is 12.8. The van der Waals surface area contributed by atoms with Gasteiger partial charge in [-0.05, 0) is 44.9 Å². The van der Waals surface area contributed by atoms with Gasteiger partial charge in [-0.25, -0.2) is 9.18 Å². The molecule has 0 saturated carbocycles. The molecule has 0 aliphatic rings. The van der Waals surface area contributed by atoms with E-state index < -0.39 is 23.8 Å². The van der Waals surface area contributed by atoms with Crippen LogP contribution in [0.25, 0.3) is 11.0 Å². The summed E-state index contributed by atoms with van der Waals surface area (Å²) >= 11 is 0. The third kappa shape index (κ3) is 3.56. The van der Waals surface area contributed by atoms with Crippen LogP contribution in [0.1, 0.15) is 34.2 Å². The summed E-state index contributed by atoms with van der Waals surface area (Å²) in [5.74, 6) is -1.94. The Balaban J connectivity index is 1.77. The number of esters is 1. The third-order valence-corrected chi connectivity index (χ3v) is 4.48. The predicted octanol–water partition coefficient (Wildman–Crippen LogP) is 4.68. The molecular weight excluding hydrogens is 349 g/mol. The molecule has 0 aliphatic heterocycles. The van der Waals surface area contributed by atoms with Crippen molar-refractivity contribution < 1.29 is 23.1 Å². The standard InChI is InChI=1S/C21H20FNO4/c1-11-7-5-8-12(2)17(11)23-20(24)14(4)26-21(25)18-13(3)15-9-6-10-16(22)19(15)27-18/h5-10,14H,1-4H3,(H,23,24)/t14-/m0/s1. The summed E-state index contributed by atoms with van der Waals surface area (Å²) in [5, 5.41) is 3.27.